The summed E-state index contributed by atoms with van der Waals surface area (Å²) in [6.45, 7) is 1.06. The predicted octanol–water partition coefficient (Wildman–Crippen LogP) is 3.10. The van der Waals surface area contributed by atoms with Gasteiger partial charge in [0.15, 0.2) is 0 Å². The van der Waals surface area contributed by atoms with Crippen molar-refractivity contribution in [2.24, 2.45) is 0 Å². The molecule has 2 aromatic rings. The molecule has 1 N–H and O–H groups in total. The lowest BCUT2D eigenvalue weighted by Crippen LogP contribution is -2.16. The zero-order chi connectivity index (χ0) is 10.8. The molecule has 1 aromatic carbocycles. The molecule has 1 aliphatic rings. The topological polar surface area (TPSA) is 25.2 Å². The van der Waals surface area contributed by atoms with Gasteiger partial charge in [-0.25, -0.2) is 0 Å². The van der Waals surface area contributed by atoms with Gasteiger partial charge in [-0.15, -0.1) is 0 Å². The minimum Gasteiger partial charge on any atom is -0.469 e. The van der Waals surface area contributed by atoms with E-state index in [1.165, 1.54) is 5.56 Å². The van der Waals surface area contributed by atoms with Gasteiger partial charge >= 0.3 is 0 Å². The standard InChI is InChI=1S/C14H15NO/c1-2-5-11(6-3-1)14-12(8-9-15-14)13-7-4-10-16-13/h1-7,10,12,14-15H,8-9H2. The fraction of sp³-hybridized carbons (Fsp3) is 0.286. The van der Waals surface area contributed by atoms with Crippen molar-refractivity contribution in [3.05, 3.63) is 60.1 Å². The van der Waals surface area contributed by atoms with Crippen molar-refractivity contribution in [2.75, 3.05) is 6.54 Å². The second-order valence-corrected chi connectivity index (χ2v) is 4.25. The molecule has 2 atom stereocenters. The molecular weight excluding hydrogens is 198 g/mol. The zero-order valence-corrected chi connectivity index (χ0v) is 9.10. The molecule has 0 aliphatic carbocycles. The van der Waals surface area contributed by atoms with Gasteiger partial charge in [-0.1, -0.05) is 30.3 Å². The van der Waals surface area contributed by atoms with Crippen LogP contribution in [0, 0.1) is 0 Å². The number of hydrogen-bond acceptors (Lipinski definition) is 2. The van der Waals surface area contributed by atoms with Crippen molar-refractivity contribution in [3.63, 3.8) is 0 Å². The van der Waals surface area contributed by atoms with Gasteiger partial charge in [-0.3, -0.25) is 0 Å². The average Bonchev–Trinajstić information content (AvgIpc) is 3.01. The molecule has 82 valence electrons. The largest absolute Gasteiger partial charge is 0.469 e. The molecule has 1 fully saturated rings. The lowest BCUT2D eigenvalue weighted by molar-refractivity contribution is 0.436. The van der Waals surface area contributed by atoms with Crippen molar-refractivity contribution in [3.8, 4) is 0 Å². The molecule has 0 spiro atoms. The summed E-state index contributed by atoms with van der Waals surface area (Å²) < 4.78 is 5.53. The first-order valence-corrected chi connectivity index (χ1v) is 5.77. The molecule has 3 rings (SSSR count). The van der Waals surface area contributed by atoms with Crippen LogP contribution in [-0.4, -0.2) is 6.54 Å². The highest BCUT2D eigenvalue weighted by atomic mass is 16.3. The molecule has 0 amide bonds. The summed E-state index contributed by atoms with van der Waals surface area (Å²) >= 11 is 0. The minimum absolute atomic E-state index is 0.396. The van der Waals surface area contributed by atoms with E-state index in [2.05, 4.69) is 41.7 Å². The van der Waals surface area contributed by atoms with E-state index >= 15 is 0 Å². The van der Waals surface area contributed by atoms with Gasteiger partial charge in [0.1, 0.15) is 5.76 Å². The maximum atomic E-state index is 5.53. The molecule has 1 aromatic heterocycles. The molecule has 16 heavy (non-hydrogen) atoms. The maximum Gasteiger partial charge on any atom is 0.108 e. The van der Waals surface area contributed by atoms with E-state index in [-0.39, 0.29) is 0 Å². The Hall–Kier alpha value is -1.54. The third-order valence-electron chi connectivity index (χ3n) is 3.29. The summed E-state index contributed by atoms with van der Waals surface area (Å²) in [6, 6.07) is 15.0. The van der Waals surface area contributed by atoms with Crippen LogP contribution in [0.15, 0.2) is 53.1 Å². The van der Waals surface area contributed by atoms with Crippen LogP contribution in [0.4, 0.5) is 0 Å². The molecule has 0 radical (unpaired) electrons. The van der Waals surface area contributed by atoms with E-state index in [9.17, 15) is 0 Å². The van der Waals surface area contributed by atoms with Crippen LogP contribution in [0.3, 0.4) is 0 Å². The van der Waals surface area contributed by atoms with Gasteiger partial charge < -0.3 is 9.73 Å². The monoisotopic (exact) mass is 213 g/mol. The summed E-state index contributed by atoms with van der Waals surface area (Å²) in [5.41, 5.74) is 1.35. The zero-order valence-electron chi connectivity index (χ0n) is 9.10. The van der Waals surface area contributed by atoms with Crippen LogP contribution in [0.25, 0.3) is 0 Å². The number of rotatable bonds is 2. The van der Waals surface area contributed by atoms with Gasteiger partial charge in [0.05, 0.1) is 6.26 Å². The Morgan fingerprint density at radius 3 is 2.69 bits per heavy atom. The van der Waals surface area contributed by atoms with Gasteiger partial charge in [0.25, 0.3) is 0 Å². The second kappa shape index (κ2) is 4.14. The van der Waals surface area contributed by atoms with Gasteiger partial charge in [0, 0.05) is 12.0 Å². The summed E-state index contributed by atoms with van der Waals surface area (Å²) in [5, 5.41) is 3.55. The summed E-state index contributed by atoms with van der Waals surface area (Å²) in [4.78, 5) is 0. The third kappa shape index (κ3) is 1.65. The maximum absolute atomic E-state index is 5.53. The normalized spacial score (nSPS) is 24.8. The smallest absolute Gasteiger partial charge is 0.108 e. The predicted molar refractivity (Wildman–Crippen MR) is 63.3 cm³/mol. The molecule has 2 heteroatoms. The first kappa shape index (κ1) is 9.67. The summed E-state index contributed by atoms with van der Waals surface area (Å²) in [6.07, 6.45) is 2.91. The van der Waals surface area contributed by atoms with Crippen LogP contribution in [0.1, 0.15) is 29.7 Å². The van der Waals surface area contributed by atoms with Crippen LogP contribution < -0.4 is 5.32 Å². The van der Waals surface area contributed by atoms with E-state index in [0.717, 1.165) is 18.7 Å². The van der Waals surface area contributed by atoms with Gasteiger partial charge in [-0.05, 0) is 30.7 Å². The van der Waals surface area contributed by atoms with Crippen LogP contribution >= 0.6 is 0 Å². The van der Waals surface area contributed by atoms with E-state index in [1.807, 2.05) is 6.07 Å². The Morgan fingerprint density at radius 1 is 1.06 bits per heavy atom. The highest BCUT2D eigenvalue weighted by Crippen LogP contribution is 2.37. The number of nitrogens with one attached hydrogen (secondary N) is 1. The van der Waals surface area contributed by atoms with E-state index in [1.54, 1.807) is 6.26 Å². The summed E-state index contributed by atoms with van der Waals surface area (Å²) in [5.74, 6) is 1.57. The van der Waals surface area contributed by atoms with Crippen LogP contribution in [0.2, 0.25) is 0 Å². The molecule has 1 saturated heterocycles. The van der Waals surface area contributed by atoms with Crippen molar-refractivity contribution in [2.45, 2.75) is 18.4 Å². The fourth-order valence-corrected chi connectivity index (χ4v) is 2.52. The van der Waals surface area contributed by atoms with E-state index in [0.29, 0.717) is 12.0 Å². The van der Waals surface area contributed by atoms with E-state index in [4.69, 9.17) is 4.42 Å². The Bertz CT molecular complexity index is 435. The Balaban J connectivity index is 1.90. The van der Waals surface area contributed by atoms with Crippen molar-refractivity contribution in [1.29, 1.82) is 0 Å². The van der Waals surface area contributed by atoms with Gasteiger partial charge in [0.2, 0.25) is 0 Å². The lowest BCUT2D eigenvalue weighted by atomic mass is 9.92. The number of furan rings is 1. The van der Waals surface area contributed by atoms with Crippen molar-refractivity contribution in [1.82, 2.24) is 5.32 Å². The molecule has 0 saturated carbocycles. The Morgan fingerprint density at radius 2 is 1.94 bits per heavy atom. The van der Waals surface area contributed by atoms with Crippen LogP contribution in [-0.2, 0) is 0 Å². The first-order chi connectivity index (χ1) is 7.95. The average molecular weight is 213 g/mol. The Labute approximate surface area is 95.3 Å². The Kier molecular flexibility index (Phi) is 2.50. The fourth-order valence-electron chi connectivity index (χ4n) is 2.52. The van der Waals surface area contributed by atoms with Crippen molar-refractivity contribution >= 4 is 0 Å². The number of benzene rings is 1. The summed E-state index contributed by atoms with van der Waals surface area (Å²) in [7, 11) is 0. The second-order valence-electron chi connectivity index (χ2n) is 4.25. The molecular formula is C14H15NO. The lowest BCUT2D eigenvalue weighted by Gasteiger charge is -2.17. The van der Waals surface area contributed by atoms with Gasteiger partial charge in [-0.2, -0.15) is 0 Å². The highest BCUT2D eigenvalue weighted by molar-refractivity contribution is 5.25. The molecule has 1 aliphatic heterocycles. The van der Waals surface area contributed by atoms with Crippen LogP contribution in [0.5, 0.6) is 0 Å². The SMILES string of the molecule is c1ccc(C2NCCC2c2ccco2)cc1. The molecule has 2 unspecified atom stereocenters. The highest BCUT2D eigenvalue weighted by Gasteiger charge is 2.30. The number of hydrogen-bond donors (Lipinski definition) is 1. The minimum atomic E-state index is 0.396. The first-order valence-electron chi connectivity index (χ1n) is 5.77. The van der Waals surface area contributed by atoms with E-state index < -0.39 is 0 Å². The molecule has 2 heterocycles. The molecule has 0 bridgehead atoms. The third-order valence-corrected chi connectivity index (χ3v) is 3.29. The quantitative estimate of drug-likeness (QED) is 0.829. The van der Waals surface area contributed by atoms with Crippen molar-refractivity contribution < 1.29 is 4.42 Å². The molecule has 2 nitrogen and oxygen atoms in total.